The molecule has 2 aromatic heterocycles. The molecule has 0 atom stereocenters. The van der Waals surface area contributed by atoms with E-state index in [2.05, 4.69) is 16.0 Å². The minimum absolute atomic E-state index is 0.537. The lowest BCUT2D eigenvalue weighted by molar-refractivity contribution is 0.331. The van der Waals surface area contributed by atoms with Crippen molar-refractivity contribution in [3.8, 4) is 6.07 Å². The summed E-state index contributed by atoms with van der Waals surface area (Å²) in [6, 6.07) is 5.85. The maximum Gasteiger partial charge on any atom is 0.137 e. The molecule has 0 unspecified atom stereocenters. The molecule has 0 bridgehead atoms. The summed E-state index contributed by atoms with van der Waals surface area (Å²) in [5.74, 6) is 0. The smallest absolute Gasteiger partial charge is 0.137 e. The van der Waals surface area contributed by atoms with Gasteiger partial charge in [-0.25, -0.2) is 4.98 Å². The second-order valence-corrected chi connectivity index (χ2v) is 4.43. The Balaban J connectivity index is 2.12. The topological polar surface area (TPSA) is 44.3 Å². The molecule has 0 fully saturated rings. The molecule has 0 aliphatic rings. The number of nitriles is 1. The van der Waals surface area contributed by atoms with E-state index in [9.17, 15) is 0 Å². The van der Waals surface area contributed by atoms with Crippen LogP contribution in [0.15, 0.2) is 24.5 Å². The first-order chi connectivity index (χ1) is 8.19. The number of imidazole rings is 1. The molecule has 0 saturated heterocycles. The van der Waals surface area contributed by atoms with Gasteiger partial charge in [0.25, 0.3) is 0 Å². The van der Waals surface area contributed by atoms with Gasteiger partial charge in [-0.3, -0.25) is 4.90 Å². The van der Waals surface area contributed by atoms with Crippen LogP contribution in [0, 0.1) is 11.3 Å². The number of aromatic nitrogens is 2. The lowest BCUT2D eigenvalue weighted by atomic mass is 10.4. The van der Waals surface area contributed by atoms with Gasteiger partial charge in [-0.2, -0.15) is 5.26 Å². The van der Waals surface area contributed by atoms with Gasteiger partial charge in [0.1, 0.15) is 5.65 Å². The maximum atomic E-state index is 8.52. The van der Waals surface area contributed by atoms with Crippen molar-refractivity contribution in [2.45, 2.75) is 13.0 Å². The largest absolute Gasteiger partial charge is 0.305 e. The van der Waals surface area contributed by atoms with E-state index < -0.39 is 0 Å². The van der Waals surface area contributed by atoms with Gasteiger partial charge < -0.3 is 4.40 Å². The van der Waals surface area contributed by atoms with Crippen LogP contribution in [0.25, 0.3) is 5.65 Å². The standard InChI is InChI=1S/C12H13ClN4/c1-16(6-2-5-14)8-11-9-17-7-10(13)3-4-12(17)15-11/h3-4,7,9H,2,6,8H2,1H3. The second-order valence-electron chi connectivity index (χ2n) is 3.99. The normalized spacial score (nSPS) is 10.9. The highest BCUT2D eigenvalue weighted by Crippen LogP contribution is 2.12. The van der Waals surface area contributed by atoms with Crippen molar-refractivity contribution in [3.63, 3.8) is 0 Å². The zero-order valence-electron chi connectivity index (χ0n) is 9.60. The molecule has 2 rings (SSSR count). The van der Waals surface area contributed by atoms with Crippen LogP contribution in [0.5, 0.6) is 0 Å². The highest BCUT2D eigenvalue weighted by Gasteiger charge is 2.05. The van der Waals surface area contributed by atoms with E-state index in [1.54, 1.807) is 0 Å². The predicted octanol–water partition coefficient (Wildman–Crippen LogP) is 2.33. The lowest BCUT2D eigenvalue weighted by Crippen LogP contribution is -2.18. The molecule has 0 aliphatic heterocycles. The Hall–Kier alpha value is -1.57. The summed E-state index contributed by atoms with van der Waals surface area (Å²) in [7, 11) is 1.98. The van der Waals surface area contributed by atoms with Crippen LogP contribution in [-0.4, -0.2) is 27.9 Å². The summed E-state index contributed by atoms with van der Waals surface area (Å²) >= 11 is 5.91. The first-order valence-electron chi connectivity index (χ1n) is 5.37. The number of hydrogen-bond acceptors (Lipinski definition) is 3. The van der Waals surface area contributed by atoms with Gasteiger partial charge in [0.15, 0.2) is 0 Å². The molecule has 0 amide bonds. The molecule has 0 spiro atoms. The number of fused-ring (bicyclic) bond motifs is 1. The van der Waals surface area contributed by atoms with Crippen molar-refractivity contribution < 1.29 is 0 Å². The average Bonchev–Trinajstić information content (AvgIpc) is 2.67. The zero-order valence-corrected chi connectivity index (χ0v) is 10.4. The van der Waals surface area contributed by atoms with Crippen molar-refractivity contribution in [2.75, 3.05) is 13.6 Å². The summed E-state index contributed by atoms with van der Waals surface area (Å²) < 4.78 is 1.91. The van der Waals surface area contributed by atoms with Crippen molar-refractivity contribution in [1.82, 2.24) is 14.3 Å². The highest BCUT2D eigenvalue weighted by atomic mass is 35.5. The molecule has 4 nitrogen and oxygen atoms in total. The third kappa shape index (κ3) is 2.96. The fourth-order valence-corrected chi connectivity index (χ4v) is 1.86. The van der Waals surface area contributed by atoms with Gasteiger partial charge in [-0.05, 0) is 19.2 Å². The third-order valence-electron chi connectivity index (χ3n) is 2.50. The van der Waals surface area contributed by atoms with E-state index in [1.807, 2.05) is 36.0 Å². The summed E-state index contributed by atoms with van der Waals surface area (Å²) in [6.07, 6.45) is 4.34. The Morgan fingerprint density at radius 3 is 3.06 bits per heavy atom. The van der Waals surface area contributed by atoms with E-state index in [0.717, 1.165) is 24.4 Å². The lowest BCUT2D eigenvalue weighted by Gasteiger charge is -2.12. The van der Waals surface area contributed by atoms with Gasteiger partial charge >= 0.3 is 0 Å². The Morgan fingerprint density at radius 1 is 1.47 bits per heavy atom. The van der Waals surface area contributed by atoms with E-state index >= 15 is 0 Å². The van der Waals surface area contributed by atoms with Crippen LogP contribution in [0.4, 0.5) is 0 Å². The van der Waals surface area contributed by atoms with Crippen LogP contribution in [0.1, 0.15) is 12.1 Å². The van der Waals surface area contributed by atoms with Crippen molar-refractivity contribution >= 4 is 17.2 Å². The molecule has 0 aromatic carbocycles. The van der Waals surface area contributed by atoms with Crippen LogP contribution in [0.3, 0.4) is 0 Å². The first-order valence-corrected chi connectivity index (χ1v) is 5.75. The van der Waals surface area contributed by atoms with Gasteiger partial charge in [0.05, 0.1) is 16.8 Å². The minimum atomic E-state index is 0.537. The Morgan fingerprint density at radius 2 is 2.29 bits per heavy atom. The summed E-state index contributed by atoms with van der Waals surface area (Å²) in [4.78, 5) is 6.56. The average molecular weight is 249 g/mol. The molecule has 0 N–H and O–H groups in total. The van der Waals surface area contributed by atoms with Crippen molar-refractivity contribution in [3.05, 3.63) is 35.2 Å². The number of hydrogen-bond donors (Lipinski definition) is 0. The van der Waals surface area contributed by atoms with E-state index in [4.69, 9.17) is 16.9 Å². The van der Waals surface area contributed by atoms with Gasteiger partial charge in [0.2, 0.25) is 0 Å². The van der Waals surface area contributed by atoms with E-state index in [-0.39, 0.29) is 0 Å². The number of nitrogens with zero attached hydrogens (tertiary/aromatic N) is 4. The minimum Gasteiger partial charge on any atom is -0.305 e. The van der Waals surface area contributed by atoms with Crippen LogP contribution >= 0.6 is 11.6 Å². The van der Waals surface area contributed by atoms with Gasteiger partial charge in [0, 0.05) is 31.9 Å². The van der Waals surface area contributed by atoms with Gasteiger partial charge in [-0.15, -0.1) is 0 Å². The fraction of sp³-hybridized carbons (Fsp3) is 0.333. The first kappa shape index (κ1) is 11.9. The zero-order chi connectivity index (χ0) is 12.3. The van der Waals surface area contributed by atoms with E-state index in [0.29, 0.717) is 11.4 Å². The number of halogens is 1. The summed E-state index contributed by atoms with van der Waals surface area (Å²) in [5.41, 5.74) is 1.87. The molecule has 88 valence electrons. The second kappa shape index (κ2) is 5.17. The van der Waals surface area contributed by atoms with E-state index in [1.165, 1.54) is 0 Å². The number of pyridine rings is 1. The molecular formula is C12H13ClN4. The Labute approximate surface area is 105 Å². The predicted molar refractivity (Wildman–Crippen MR) is 66.8 cm³/mol. The molecule has 5 heteroatoms. The van der Waals surface area contributed by atoms with Gasteiger partial charge in [-0.1, -0.05) is 11.6 Å². The third-order valence-corrected chi connectivity index (χ3v) is 2.73. The van der Waals surface area contributed by atoms with Crippen LogP contribution in [-0.2, 0) is 6.54 Å². The SMILES string of the molecule is CN(CCC#N)Cc1cn2cc(Cl)ccc2n1. The molecule has 0 radical (unpaired) electrons. The fourth-order valence-electron chi connectivity index (χ4n) is 1.69. The molecule has 2 heterocycles. The van der Waals surface area contributed by atoms with Crippen LogP contribution in [0.2, 0.25) is 5.02 Å². The molecule has 0 aliphatic carbocycles. The molecule has 0 saturated carbocycles. The molecule has 17 heavy (non-hydrogen) atoms. The van der Waals surface area contributed by atoms with Crippen molar-refractivity contribution in [1.29, 1.82) is 5.26 Å². The number of rotatable bonds is 4. The summed E-state index contributed by atoms with van der Waals surface area (Å²) in [6.45, 7) is 1.49. The van der Waals surface area contributed by atoms with Crippen LogP contribution < -0.4 is 0 Å². The Kier molecular flexibility index (Phi) is 3.62. The van der Waals surface area contributed by atoms with Crippen molar-refractivity contribution in [2.24, 2.45) is 0 Å². The molecular weight excluding hydrogens is 236 g/mol. The summed E-state index contributed by atoms with van der Waals surface area (Å²) in [5, 5.41) is 9.21. The Bertz CT molecular complexity index is 555. The quantitative estimate of drug-likeness (QED) is 0.834. The monoisotopic (exact) mass is 248 g/mol. The maximum absolute atomic E-state index is 8.52. The molecule has 2 aromatic rings. The highest BCUT2D eigenvalue weighted by molar-refractivity contribution is 6.30.